The number of carbonyl (C=O) groups excluding carboxylic acids is 2. The third kappa shape index (κ3) is 3.42. The Bertz CT molecular complexity index is 545. The van der Waals surface area contributed by atoms with Crippen molar-refractivity contribution < 1.29 is 24.4 Å². The summed E-state index contributed by atoms with van der Waals surface area (Å²) in [5, 5.41) is 22.4. The number of esters is 1. The van der Waals surface area contributed by atoms with Gasteiger partial charge >= 0.3 is 5.97 Å². The van der Waals surface area contributed by atoms with Gasteiger partial charge in [-0.15, -0.1) is 0 Å². The summed E-state index contributed by atoms with van der Waals surface area (Å²) >= 11 is 0. The van der Waals surface area contributed by atoms with Gasteiger partial charge < -0.3 is 20.9 Å². The third-order valence-corrected chi connectivity index (χ3v) is 2.48. The number of carbonyl (C=O) groups is 2. The van der Waals surface area contributed by atoms with Gasteiger partial charge in [-0.25, -0.2) is 4.79 Å². The van der Waals surface area contributed by atoms with Crippen LogP contribution in [0.4, 0.5) is 11.4 Å². The van der Waals surface area contributed by atoms with Gasteiger partial charge in [0.05, 0.1) is 18.6 Å². The predicted octanol–water partition coefficient (Wildman–Crippen LogP) is -0.360. The Hall–Kier alpha value is -2.68. The molecule has 1 atom stereocenters. The SMILES string of the molecule is COC(=O)C(CO)Nc1cc(C(N)=O)ccc1[N+](=O)[O-]. The second kappa shape index (κ2) is 6.48. The van der Waals surface area contributed by atoms with Crippen LogP contribution in [-0.4, -0.2) is 41.7 Å². The molecule has 0 aliphatic heterocycles. The average Bonchev–Trinajstić information content (AvgIpc) is 2.43. The van der Waals surface area contributed by atoms with Crippen molar-refractivity contribution >= 4 is 23.3 Å². The molecule has 1 rings (SSSR count). The van der Waals surface area contributed by atoms with E-state index in [0.29, 0.717) is 0 Å². The number of nitro benzene ring substituents is 1. The third-order valence-electron chi connectivity index (χ3n) is 2.48. The lowest BCUT2D eigenvalue weighted by molar-refractivity contribution is -0.384. The number of amides is 1. The Morgan fingerprint density at radius 3 is 2.65 bits per heavy atom. The smallest absolute Gasteiger partial charge is 0.330 e. The van der Waals surface area contributed by atoms with Gasteiger partial charge in [0.1, 0.15) is 11.7 Å². The monoisotopic (exact) mass is 283 g/mol. The quantitative estimate of drug-likeness (QED) is 0.367. The Morgan fingerprint density at radius 1 is 1.55 bits per heavy atom. The van der Waals surface area contributed by atoms with Crippen molar-refractivity contribution in [2.75, 3.05) is 19.0 Å². The molecule has 1 aromatic rings. The Labute approximate surface area is 113 Å². The molecule has 1 amide bonds. The molecule has 9 nitrogen and oxygen atoms in total. The first-order valence-electron chi connectivity index (χ1n) is 5.44. The zero-order valence-corrected chi connectivity index (χ0v) is 10.5. The van der Waals surface area contributed by atoms with Gasteiger partial charge in [0.15, 0.2) is 0 Å². The Balaban J connectivity index is 3.18. The predicted molar refractivity (Wildman–Crippen MR) is 68.1 cm³/mol. The largest absolute Gasteiger partial charge is 0.467 e. The molecule has 0 radical (unpaired) electrons. The number of nitrogens with zero attached hydrogens (tertiary/aromatic N) is 1. The van der Waals surface area contributed by atoms with Crippen molar-refractivity contribution in [2.24, 2.45) is 5.73 Å². The van der Waals surface area contributed by atoms with Crippen LogP contribution in [0.3, 0.4) is 0 Å². The fourth-order valence-electron chi connectivity index (χ4n) is 1.47. The first-order chi connectivity index (χ1) is 9.40. The number of nitrogens with one attached hydrogen (secondary N) is 1. The number of ether oxygens (including phenoxy) is 1. The fraction of sp³-hybridized carbons (Fsp3) is 0.273. The maximum atomic E-state index is 11.3. The summed E-state index contributed by atoms with van der Waals surface area (Å²) in [6.07, 6.45) is 0. The highest BCUT2D eigenvalue weighted by Crippen LogP contribution is 2.26. The van der Waals surface area contributed by atoms with Gasteiger partial charge in [-0.2, -0.15) is 0 Å². The van der Waals surface area contributed by atoms with E-state index in [1.165, 1.54) is 6.07 Å². The van der Waals surface area contributed by atoms with Gasteiger partial charge in [0, 0.05) is 11.6 Å². The van der Waals surface area contributed by atoms with E-state index >= 15 is 0 Å². The Kier molecular flexibility index (Phi) is 4.98. The highest BCUT2D eigenvalue weighted by atomic mass is 16.6. The molecule has 0 saturated carbocycles. The molecule has 0 aliphatic carbocycles. The number of hydrogen-bond donors (Lipinski definition) is 3. The van der Waals surface area contributed by atoms with Crippen LogP contribution in [0.25, 0.3) is 0 Å². The first kappa shape index (κ1) is 15.4. The van der Waals surface area contributed by atoms with E-state index < -0.39 is 29.4 Å². The minimum Gasteiger partial charge on any atom is -0.467 e. The molecular formula is C11H13N3O6. The van der Waals surface area contributed by atoms with Crippen molar-refractivity contribution in [3.05, 3.63) is 33.9 Å². The van der Waals surface area contributed by atoms with Crippen LogP contribution in [0.5, 0.6) is 0 Å². The summed E-state index contributed by atoms with van der Waals surface area (Å²) in [6, 6.07) is 2.21. The van der Waals surface area contributed by atoms with Gasteiger partial charge in [-0.05, 0) is 12.1 Å². The summed E-state index contributed by atoms with van der Waals surface area (Å²) in [4.78, 5) is 32.6. The molecule has 0 fully saturated rings. The number of nitrogens with two attached hydrogens (primary N) is 1. The molecule has 4 N–H and O–H groups in total. The van der Waals surface area contributed by atoms with Crippen LogP contribution in [0.2, 0.25) is 0 Å². The number of hydrogen-bond acceptors (Lipinski definition) is 7. The summed E-state index contributed by atoms with van der Waals surface area (Å²) in [5.74, 6) is -1.58. The normalized spacial score (nSPS) is 11.5. The number of anilines is 1. The number of aliphatic hydroxyl groups excluding tert-OH is 1. The van der Waals surface area contributed by atoms with Crippen LogP contribution in [0, 0.1) is 10.1 Å². The van der Waals surface area contributed by atoms with Crippen molar-refractivity contribution in [1.82, 2.24) is 0 Å². The maximum absolute atomic E-state index is 11.3. The van der Waals surface area contributed by atoms with E-state index in [9.17, 15) is 19.7 Å². The standard InChI is InChI=1S/C11H13N3O6/c1-20-11(17)8(5-15)13-7-4-6(10(12)16)2-3-9(7)14(18)19/h2-4,8,13,15H,5H2,1H3,(H2,12,16). The van der Waals surface area contributed by atoms with Gasteiger partial charge in [-0.1, -0.05) is 0 Å². The highest BCUT2D eigenvalue weighted by Gasteiger charge is 2.23. The minimum absolute atomic E-state index is 0.0275. The molecule has 20 heavy (non-hydrogen) atoms. The maximum Gasteiger partial charge on any atom is 0.330 e. The zero-order chi connectivity index (χ0) is 15.3. The molecule has 1 unspecified atom stereocenters. The van der Waals surface area contributed by atoms with Gasteiger partial charge in [0.25, 0.3) is 5.69 Å². The average molecular weight is 283 g/mol. The second-order valence-electron chi connectivity index (χ2n) is 3.76. The number of primary amides is 1. The van der Waals surface area contributed by atoms with Crippen LogP contribution in [0.15, 0.2) is 18.2 Å². The van der Waals surface area contributed by atoms with Gasteiger partial charge in [0.2, 0.25) is 5.91 Å². The van der Waals surface area contributed by atoms with Gasteiger partial charge in [-0.3, -0.25) is 14.9 Å². The van der Waals surface area contributed by atoms with E-state index in [-0.39, 0.29) is 16.9 Å². The van der Waals surface area contributed by atoms with Crippen LogP contribution in [-0.2, 0) is 9.53 Å². The highest BCUT2D eigenvalue weighted by molar-refractivity contribution is 5.95. The van der Waals surface area contributed by atoms with Crippen LogP contribution in [0.1, 0.15) is 10.4 Å². The molecule has 0 heterocycles. The molecular weight excluding hydrogens is 270 g/mol. The molecule has 0 bridgehead atoms. The molecule has 0 spiro atoms. The lowest BCUT2D eigenvalue weighted by Crippen LogP contribution is -2.34. The number of methoxy groups -OCH3 is 1. The summed E-state index contributed by atoms with van der Waals surface area (Å²) in [6.45, 7) is -0.634. The minimum atomic E-state index is -1.19. The van der Waals surface area contributed by atoms with Crippen molar-refractivity contribution in [1.29, 1.82) is 0 Å². The molecule has 0 saturated heterocycles. The van der Waals surface area contributed by atoms with E-state index in [1.54, 1.807) is 0 Å². The zero-order valence-electron chi connectivity index (χ0n) is 10.5. The number of rotatable bonds is 6. The van der Waals surface area contributed by atoms with E-state index in [4.69, 9.17) is 10.8 Å². The number of benzene rings is 1. The number of nitro groups is 1. The van der Waals surface area contributed by atoms with Crippen molar-refractivity contribution in [2.45, 2.75) is 6.04 Å². The molecule has 1 aromatic carbocycles. The molecule has 9 heteroatoms. The molecule has 0 aliphatic rings. The van der Waals surface area contributed by atoms with Crippen LogP contribution < -0.4 is 11.1 Å². The summed E-state index contributed by atoms with van der Waals surface area (Å²) in [5.41, 5.74) is 4.63. The fourth-order valence-corrected chi connectivity index (χ4v) is 1.47. The van der Waals surface area contributed by atoms with Crippen molar-refractivity contribution in [3.63, 3.8) is 0 Å². The Morgan fingerprint density at radius 2 is 2.20 bits per heavy atom. The summed E-state index contributed by atoms with van der Waals surface area (Å²) in [7, 11) is 1.11. The second-order valence-corrected chi connectivity index (χ2v) is 3.76. The molecule has 108 valence electrons. The summed E-state index contributed by atoms with van der Waals surface area (Å²) < 4.78 is 4.43. The molecule has 0 aromatic heterocycles. The first-order valence-corrected chi connectivity index (χ1v) is 5.44. The van der Waals surface area contributed by atoms with E-state index in [0.717, 1.165) is 19.2 Å². The topological polar surface area (TPSA) is 145 Å². The van der Waals surface area contributed by atoms with Crippen LogP contribution >= 0.6 is 0 Å². The van der Waals surface area contributed by atoms with E-state index in [1.807, 2.05) is 0 Å². The number of aliphatic hydroxyl groups is 1. The lowest BCUT2D eigenvalue weighted by Gasteiger charge is -2.15. The van der Waals surface area contributed by atoms with Crippen molar-refractivity contribution in [3.8, 4) is 0 Å². The van der Waals surface area contributed by atoms with E-state index in [2.05, 4.69) is 10.1 Å². The lowest BCUT2D eigenvalue weighted by atomic mass is 10.1.